The summed E-state index contributed by atoms with van der Waals surface area (Å²) >= 11 is 0. The molecule has 3 aromatic rings. The number of aryl methyl sites for hydroxylation is 1. The Morgan fingerprint density at radius 1 is 0.958 bits per heavy atom. The summed E-state index contributed by atoms with van der Waals surface area (Å²) in [7, 11) is 0. The third kappa shape index (κ3) is 2.27. The third-order valence-corrected chi connectivity index (χ3v) is 4.05. The predicted octanol–water partition coefficient (Wildman–Crippen LogP) is 4.45. The molecule has 0 fully saturated rings. The number of benzene rings is 2. The van der Waals surface area contributed by atoms with E-state index in [4.69, 9.17) is 4.99 Å². The van der Waals surface area contributed by atoms with Gasteiger partial charge in [-0.2, -0.15) is 0 Å². The van der Waals surface area contributed by atoms with E-state index in [0.29, 0.717) is 0 Å². The van der Waals surface area contributed by atoms with Crippen molar-refractivity contribution in [3.05, 3.63) is 87.7 Å². The highest BCUT2D eigenvalue weighted by Gasteiger charge is 2.27. The quantitative estimate of drug-likeness (QED) is 0.405. The van der Waals surface area contributed by atoms with Crippen molar-refractivity contribution in [2.24, 2.45) is 4.99 Å². The van der Waals surface area contributed by atoms with Gasteiger partial charge in [0, 0.05) is 35.2 Å². The lowest BCUT2D eigenvalue weighted by Gasteiger charge is -2.02. The summed E-state index contributed by atoms with van der Waals surface area (Å²) in [6, 6.07) is 16.5. The Morgan fingerprint density at radius 3 is 2.50 bits per heavy atom. The molecule has 0 atom stereocenters. The molecule has 1 aliphatic carbocycles. The maximum atomic E-state index is 11.1. The second kappa shape index (κ2) is 5.38. The first-order chi connectivity index (χ1) is 11.6. The number of hydrogen-bond donors (Lipinski definition) is 0. The molecule has 5 nitrogen and oxygen atoms in total. The fourth-order valence-electron chi connectivity index (χ4n) is 2.95. The van der Waals surface area contributed by atoms with Gasteiger partial charge in [0.2, 0.25) is 0 Å². The largest absolute Gasteiger partial charge is 0.270 e. The van der Waals surface area contributed by atoms with Crippen LogP contribution in [0.25, 0.3) is 11.1 Å². The molecule has 5 heteroatoms. The molecular weight excluding hydrogens is 302 g/mol. The van der Waals surface area contributed by atoms with Gasteiger partial charge in [-0.3, -0.25) is 15.1 Å². The van der Waals surface area contributed by atoms with Crippen LogP contribution < -0.4 is 0 Å². The highest BCUT2D eigenvalue weighted by Crippen LogP contribution is 2.39. The molecule has 2 aromatic carbocycles. The van der Waals surface area contributed by atoms with Gasteiger partial charge in [0.05, 0.1) is 16.3 Å². The second-order valence-corrected chi connectivity index (χ2v) is 5.65. The first-order valence-corrected chi connectivity index (χ1v) is 7.53. The molecule has 1 aliphatic rings. The zero-order valence-corrected chi connectivity index (χ0v) is 12.9. The summed E-state index contributed by atoms with van der Waals surface area (Å²) in [5.74, 6) is 0. The van der Waals surface area contributed by atoms with Crippen LogP contribution in [-0.2, 0) is 0 Å². The zero-order valence-electron chi connectivity index (χ0n) is 12.9. The molecule has 1 heterocycles. The number of nitrogens with zero attached hydrogens (tertiary/aromatic N) is 3. The van der Waals surface area contributed by atoms with Crippen LogP contribution in [0.15, 0.2) is 65.8 Å². The van der Waals surface area contributed by atoms with E-state index in [0.717, 1.165) is 39.3 Å². The molecule has 1 aromatic heterocycles. The molecule has 0 saturated carbocycles. The predicted molar refractivity (Wildman–Crippen MR) is 92.8 cm³/mol. The highest BCUT2D eigenvalue weighted by molar-refractivity contribution is 6.25. The van der Waals surface area contributed by atoms with Crippen molar-refractivity contribution in [2.75, 3.05) is 0 Å². The summed E-state index contributed by atoms with van der Waals surface area (Å²) < 4.78 is 0. The monoisotopic (exact) mass is 315 g/mol. The molecule has 0 radical (unpaired) electrons. The first-order valence-electron chi connectivity index (χ1n) is 7.53. The molecular formula is C19H13N3O2. The topological polar surface area (TPSA) is 68.4 Å². The Kier molecular flexibility index (Phi) is 3.20. The summed E-state index contributed by atoms with van der Waals surface area (Å²) in [5.41, 5.74) is 6.14. The van der Waals surface area contributed by atoms with Crippen molar-refractivity contribution in [1.29, 1.82) is 0 Å². The molecule has 0 aliphatic heterocycles. The summed E-state index contributed by atoms with van der Waals surface area (Å²) in [6.07, 6.45) is 1.79. The molecule has 24 heavy (non-hydrogen) atoms. The van der Waals surface area contributed by atoms with E-state index in [1.807, 2.05) is 43.3 Å². The fraction of sp³-hybridized carbons (Fsp3) is 0.0526. The summed E-state index contributed by atoms with van der Waals surface area (Å²) in [6.45, 7) is 1.93. The van der Waals surface area contributed by atoms with E-state index in [2.05, 4.69) is 4.98 Å². The van der Waals surface area contributed by atoms with E-state index in [9.17, 15) is 10.1 Å². The maximum absolute atomic E-state index is 11.1. The number of aliphatic imine (C=N–C) groups is 1. The van der Waals surface area contributed by atoms with Gasteiger partial charge in [0.25, 0.3) is 5.69 Å². The van der Waals surface area contributed by atoms with Gasteiger partial charge in [-0.05, 0) is 42.3 Å². The van der Waals surface area contributed by atoms with Crippen molar-refractivity contribution in [2.45, 2.75) is 6.92 Å². The van der Waals surface area contributed by atoms with Crippen molar-refractivity contribution < 1.29 is 4.92 Å². The number of non-ortho nitro benzene ring substituents is 1. The van der Waals surface area contributed by atoms with E-state index >= 15 is 0 Å². The summed E-state index contributed by atoms with van der Waals surface area (Å²) in [4.78, 5) is 19.9. The van der Waals surface area contributed by atoms with Gasteiger partial charge in [0.15, 0.2) is 0 Å². The lowest BCUT2D eigenvalue weighted by atomic mass is 10.1. The summed E-state index contributed by atoms with van der Waals surface area (Å²) in [5, 5.41) is 11.1. The lowest BCUT2D eigenvalue weighted by Crippen LogP contribution is -1.99. The standard InChI is InChI=1S/C19H13N3O2/c1-12-9-16-15-8-7-14(22(23)24)10-17(15)19(18(16)11-20-12)21-13-5-3-2-4-6-13/h2-11H,1H3. The van der Waals surface area contributed by atoms with Crippen molar-refractivity contribution in [3.63, 3.8) is 0 Å². The number of para-hydroxylation sites is 1. The van der Waals surface area contributed by atoms with Crippen LogP contribution in [0.3, 0.4) is 0 Å². The molecule has 0 bridgehead atoms. The first kappa shape index (κ1) is 14.3. The van der Waals surface area contributed by atoms with Crippen LogP contribution in [0, 0.1) is 17.0 Å². The molecule has 0 spiro atoms. The number of hydrogen-bond acceptors (Lipinski definition) is 4. The van der Waals surface area contributed by atoms with Crippen molar-refractivity contribution >= 4 is 17.1 Å². The van der Waals surface area contributed by atoms with Crippen LogP contribution in [0.1, 0.15) is 16.8 Å². The lowest BCUT2D eigenvalue weighted by molar-refractivity contribution is -0.384. The number of nitro groups is 1. The Balaban J connectivity index is 1.99. The third-order valence-electron chi connectivity index (χ3n) is 4.05. The number of pyridine rings is 1. The number of rotatable bonds is 2. The van der Waals surface area contributed by atoms with Gasteiger partial charge in [-0.1, -0.05) is 18.2 Å². The minimum atomic E-state index is -0.382. The molecule has 4 rings (SSSR count). The van der Waals surface area contributed by atoms with Gasteiger partial charge in [-0.15, -0.1) is 0 Å². The SMILES string of the molecule is Cc1cc2c(cn1)C(=Nc1ccccc1)c1cc([N+](=O)[O-])ccc1-2. The van der Waals surface area contributed by atoms with Crippen molar-refractivity contribution in [1.82, 2.24) is 4.98 Å². The van der Waals surface area contributed by atoms with Crippen LogP contribution in [0.2, 0.25) is 0 Å². The van der Waals surface area contributed by atoms with E-state index in [1.165, 1.54) is 6.07 Å². The van der Waals surface area contributed by atoms with Gasteiger partial charge in [-0.25, -0.2) is 4.99 Å². The Hall–Kier alpha value is -3.34. The van der Waals surface area contributed by atoms with Crippen LogP contribution in [0.5, 0.6) is 0 Å². The van der Waals surface area contributed by atoms with Crippen LogP contribution >= 0.6 is 0 Å². The van der Waals surface area contributed by atoms with Crippen LogP contribution in [0.4, 0.5) is 11.4 Å². The number of nitro benzene ring substituents is 1. The van der Waals surface area contributed by atoms with E-state index in [1.54, 1.807) is 18.3 Å². The van der Waals surface area contributed by atoms with Crippen molar-refractivity contribution in [3.8, 4) is 11.1 Å². The molecule has 116 valence electrons. The van der Waals surface area contributed by atoms with E-state index < -0.39 is 0 Å². The molecule has 0 amide bonds. The van der Waals surface area contributed by atoms with Gasteiger partial charge >= 0.3 is 0 Å². The van der Waals surface area contributed by atoms with Gasteiger partial charge in [0.1, 0.15) is 0 Å². The van der Waals surface area contributed by atoms with Gasteiger partial charge < -0.3 is 0 Å². The molecule has 0 saturated heterocycles. The Bertz CT molecular complexity index is 995. The average Bonchev–Trinajstić information content (AvgIpc) is 2.88. The minimum Gasteiger partial charge on any atom is -0.261 e. The fourth-order valence-corrected chi connectivity index (χ4v) is 2.95. The van der Waals surface area contributed by atoms with E-state index in [-0.39, 0.29) is 10.6 Å². The smallest absolute Gasteiger partial charge is 0.261 e. The molecule has 0 N–H and O–H groups in total. The van der Waals surface area contributed by atoms with Crippen LogP contribution in [-0.4, -0.2) is 15.6 Å². The number of aromatic nitrogens is 1. The average molecular weight is 315 g/mol. The minimum absolute atomic E-state index is 0.0620. The Labute approximate surface area is 138 Å². The second-order valence-electron chi connectivity index (χ2n) is 5.65. The highest BCUT2D eigenvalue weighted by atomic mass is 16.6. The maximum Gasteiger partial charge on any atom is 0.270 e. The number of fused-ring (bicyclic) bond motifs is 3. The molecule has 0 unspecified atom stereocenters. The Morgan fingerprint density at radius 2 is 1.75 bits per heavy atom. The normalized spacial score (nSPS) is 13.6. The zero-order chi connectivity index (χ0) is 16.7.